The highest BCUT2D eigenvalue weighted by Gasteiger charge is 2.52. The van der Waals surface area contributed by atoms with E-state index in [0.717, 1.165) is 28.8 Å². The van der Waals surface area contributed by atoms with Crippen molar-refractivity contribution in [1.29, 1.82) is 0 Å². The van der Waals surface area contributed by atoms with Gasteiger partial charge in [0.15, 0.2) is 0 Å². The van der Waals surface area contributed by atoms with Gasteiger partial charge in [0.1, 0.15) is 24.0 Å². The van der Waals surface area contributed by atoms with Crippen LogP contribution in [0.25, 0.3) is 0 Å². The average molecular weight is 498 g/mol. The van der Waals surface area contributed by atoms with Crippen LogP contribution in [0.4, 0.5) is 5.69 Å². The minimum Gasteiger partial charge on any atom is -0.491 e. The van der Waals surface area contributed by atoms with Crippen LogP contribution in [0.15, 0.2) is 103 Å². The van der Waals surface area contributed by atoms with Crippen LogP contribution in [0.1, 0.15) is 39.5 Å². The number of amides is 1. The molecule has 0 saturated carbocycles. The van der Waals surface area contributed by atoms with Crippen LogP contribution in [0.2, 0.25) is 0 Å². The van der Waals surface area contributed by atoms with Gasteiger partial charge in [0.25, 0.3) is 5.91 Å². The lowest BCUT2D eigenvalue weighted by Gasteiger charge is -2.40. The first-order valence-corrected chi connectivity index (χ1v) is 12.7. The van der Waals surface area contributed by atoms with Gasteiger partial charge < -0.3 is 9.84 Å². The standard InChI is InChI=1S/C31H28ClNO3/c1-2-22-12-14-23(15-13-22)31(24-16-18-27(19-17-24)36-21-26(34)20-32)29-11-7-6-10-28(29)30(35)33(31)25-8-4-3-5-9-25/h3-19,26,34H,2,20-21H2,1H3. The summed E-state index contributed by atoms with van der Waals surface area (Å²) < 4.78 is 5.73. The first-order chi connectivity index (χ1) is 17.6. The lowest BCUT2D eigenvalue weighted by molar-refractivity contribution is 0.0986. The number of aryl methyl sites for hydroxylation is 1. The molecule has 4 aromatic rings. The highest BCUT2D eigenvalue weighted by atomic mass is 35.5. The van der Waals surface area contributed by atoms with Crippen LogP contribution in [-0.2, 0) is 12.0 Å². The normalized spacial score (nSPS) is 17.6. The highest BCUT2D eigenvalue weighted by Crippen LogP contribution is 2.51. The molecule has 0 fully saturated rings. The smallest absolute Gasteiger partial charge is 0.260 e. The van der Waals surface area contributed by atoms with Crippen molar-refractivity contribution < 1.29 is 14.6 Å². The molecule has 1 amide bonds. The average Bonchev–Trinajstić information content (AvgIpc) is 3.21. The molecular weight excluding hydrogens is 470 g/mol. The van der Waals surface area contributed by atoms with E-state index in [1.807, 2.05) is 83.8 Å². The number of aliphatic hydroxyl groups excluding tert-OH is 1. The summed E-state index contributed by atoms with van der Waals surface area (Å²) in [6, 6.07) is 34.0. The summed E-state index contributed by atoms with van der Waals surface area (Å²) in [5, 5.41) is 9.78. The number of halogens is 1. The number of hydrogen-bond acceptors (Lipinski definition) is 3. The number of benzene rings is 4. The van der Waals surface area contributed by atoms with Gasteiger partial charge in [-0.2, -0.15) is 0 Å². The van der Waals surface area contributed by atoms with Gasteiger partial charge in [-0.25, -0.2) is 0 Å². The van der Waals surface area contributed by atoms with Crippen molar-refractivity contribution in [1.82, 2.24) is 0 Å². The van der Waals surface area contributed by atoms with E-state index in [1.54, 1.807) is 0 Å². The fourth-order valence-corrected chi connectivity index (χ4v) is 5.10. The summed E-state index contributed by atoms with van der Waals surface area (Å²) in [4.78, 5) is 15.9. The minimum atomic E-state index is -0.866. The SMILES string of the molecule is CCc1ccc(C2(c3ccc(OCC(O)CCl)cc3)c3ccccc3C(=O)N2c2ccccc2)cc1. The molecule has 1 N–H and O–H groups in total. The molecule has 36 heavy (non-hydrogen) atoms. The number of carbonyl (C=O) groups is 1. The number of rotatable bonds is 8. The van der Waals surface area contributed by atoms with E-state index >= 15 is 0 Å². The molecule has 0 aromatic heterocycles. The van der Waals surface area contributed by atoms with E-state index < -0.39 is 11.6 Å². The van der Waals surface area contributed by atoms with Gasteiger partial charge in [0.2, 0.25) is 0 Å². The Bertz CT molecular complexity index is 1340. The molecule has 1 aliphatic heterocycles. The fourth-order valence-electron chi connectivity index (χ4n) is 5.01. The topological polar surface area (TPSA) is 49.8 Å². The zero-order chi connectivity index (χ0) is 25.1. The monoisotopic (exact) mass is 497 g/mol. The van der Waals surface area contributed by atoms with E-state index in [2.05, 4.69) is 31.2 Å². The van der Waals surface area contributed by atoms with Crippen molar-refractivity contribution in [2.75, 3.05) is 17.4 Å². The van der Waals surface area contributed by atoms with Crippen LogP contribution in [0, 0.1) is 0 Å². The molecule has 182 valence electrons. The Morgan fingerprint density at radius 3 is 2.11 bits per heavy atom. The van der Waals surface area contributed by atoms with Crippen molar-refractivity contribution in [3.63, 3.8) is 0 Å². The number of aliphatic hydroxyl groups is 1. The van der Waals surface area contributed by atoms with Crippen molar-refractivity contribution in [2.24, 2.45) is 0 Å². The number of hydrogen-bond donors (Lipinski definition) is 1. The Balaban J connectivity index is 1.73. The van der Waals surface area contributed by atoms with Gasteiger partial charge in [-0.3, -0.25) is 9.69 Å². The summed E-state index contributed by atoms with van der Waals surface area (Å²) in [6.07, 6.45) is 0.202. The third-order valence-electron chi connectivity index (χ3n) is 6.77. The van der Waals surface area contributed by atoms with Gasteiger partial charge in [-0.05, 0) is 59.0 Å². The fraction of sp³-hybridized carbons (Fsp3) is 0.194. The van der Waals surface area contributed by atoms with Crippen molar-refractivity contribution in [2.45, 2.75) is 25.0 Å². The van der Waals surface area contributed by atoms with Crippen LogP contribution in [-0.4, -0.2) is 29.6 Å². The summed E-state index contributed by atoms with van der Waals surface area (Å²) in [5.74, 6) is 0.699. The lowest BCUT2D eigenvalue weighted by atomic mass is 9.76. The molecule has 5 rings (SSSR count). The number of alkyl halides is 1. The molecule has 5 heteroatoms. The predicted octanol–water partition coefficient (Wildman–Crippen LogP) is 6.18. The molecule has 0 bridgehead atoms. The van der Waals surface area contributed by atoms with Crippen molar-refractivity contribution in [3.05, 3.63) is 131 Å². The summed E-state index contributed by atoms with van der Waals surface area (Å²) in [6.45, 7) is 2.25. The lowest BCUT2D eigenvalue weighted by Crippen LogP contribution is -2.46. The third kappa shape index (κ3) is 4.06. The Labute approximate surface area is 216 Å². The molecule has 2 atom stereocenters. The zero-order valence-electron chi connectivity index (χ0n) is 20.1. The van der Waals surface area contributed by atoms with Crippen molar-refractivity contribution in [3.8, 4) is 5.75 Å². The van der Waals surface area contributed by atoms with Crippen LogP contribution in [0.3, 0.4) is 0 Å². The molecule has 0 spiro atoms. The van der Waals surface area contributed by atoms with Gasteiger partial charge in [-0.15, -0.1) is 11.6 Å². The maximum atomic E-state index is 14.0. The largest absolute Gasteiger partial charge is 0.491 e. The Kier molecular flexibility index (Phi) is 6.82. The number of anilines is 1. The number of fused-ring (bicyclic) bond motifs is 1. The first-order valence-electron chi connectivity index (χ1n) is 12.2. The van der Waals surface area contributed by atoms with E-state index in [1.165, 1.54) is 5.56 Å². The number of nitrogens with zero attached hydrogens (tertiary/aromatic N) is 1. The molecule has 2 unspecified atom stereocenters. The molecule has 4 nitrogen and oxygen atoms in total. The van der Waals surface area contributed by atoms with Crippen LogP contribution < -0.4 is 9.64 Å². The predicted molar refractivity (Wildman–Crippen MR) is 144 cm³/mol. The molecule has 0 aliphatic carbocycles. The Morgan fingerprint density at radius 2 is 1.47 bits per heavy atom. The van der Waals surface area contributed by atoms with Gasteiger partial charge in [0.05, 0.1) is 5.88 Å². The maximum Gasteiger partial charge on any atom is 0.260 e. The Morgan fingerprint density at radius 1 is 0.861 bits per heavy atom. The molecule has 1 aliphatic rings. The minimum absolute atomic E-state index is 0.0399. The number of para-hydroxylation sites is 1. The van der Waals surface area contributed by atoms with Gasteiger partial charge in [-0.1, -0.05) is 79.7 Å². The van der Waals surface area contributed by atoms with E-state index in [-0.39, 0.29) is 18.4 Å². The Hall–Kier alpha value is -3.60. The summed E-state index contributed by atoms with van der Waals surface area (Å²) in [7, 11) is 0. The molecule has 1 heterocycles. The zero-order valence-corrected chi connectivity index (χ0v) is 20.9. The van der Waals surface area contributed by atoms with Crippen molar-refractivity contribution >= 4 is 23.2 Å². The number of carbonyl (C=O) groups excluding carboxylic acids is 1. The molecular formula is C31H28ClNO3. The summed E-state index contributed by atoms with van der Waals surface area (Å²) in [5.41, 5.74) is 4.77. The molecule has 4 aromatic carbocycles. The van der Waals surface area contributed by atoms with Crippen LogP contribution in [0.5, 0.6) is 5.75 Å². The molecule has 0 radical (unpaired) electrons. The highest BCUT2D eigenvalue weighted by molar-refractivity contribution is 6.18. The third-order valence-corrected chi connectivity index (χ3v) is 7.13. The van der Waals surface area contributed by atoms with Crippen LogP contribution >= 0.6 is 11.6 Å². The second-order valence-electron chi connectivity index (χ2n) is 8.93. The first kappa shape index (κ1) is 24.1. The summed E-state index contributed by atoms with van der Waals surface area (Å²) >= 11 is 5.71. The maximum absolute atomic E-state index is 14.0. The molecule has 0 saturated heterocycles. The van der Waals surface area contributed by atoms with E-state index in [0.29, 0.717) is 11.3 Å². The van der Waals surface area contributed by atoms with Gasteiger partial charge in [0, 0.05) is 11.3 Å². The quantitative estimate of drug-likeness (QED) is 0.296. The van der Waals surface area contributed by atoms with Gasteiger partial charge >= 0.3 is 0 Å². The number of ether oxygens (including phenoxy) is 1. The van der Waals surface area contributed by atoms with E-state index in [9.17, 15) is 9.90 Å². The van der Waals surface area contributed by atoms with E-state index in [4.69, 9.17) is 16.3 Å². The second-order valence-corrected chi connectivity index (χ2v) is 9.23. The second kappa shape index (κ2) is 10.2.